The van der Waals surface area contributed by atoms with E-state index in [4.69, 9.17) is 14.6 Å². The molecule has 0 saturated heterocycles. The van der Waals surface area contributed by atoms with Gasteiger partial charge in [0.05, 0.1) is 19.3 Å². The van der Waals surface area contributed by atoms with E-state index in [9.17, 15) is 5.11 Å². The highest BCUT2D eigenvalue weighted by Gasteiger charge is 2.21. The first kappa shape index (κ1) is 14.9. The molecule has 17 heavy (non-hydrogen) atoms. The van der Waals surface area contributed by atoms with Gasteiger partial charge in [0, 0.05) is 32.9 Å². The van der Waals surface area contributed by atoms with Crippen molar-refractivity contribution in [3.63, 3.8) is 0 Å². The maximum atomic E-state index is 9.65. The summed E-state index contributed by atoms with van der Waals surface area (Å²) in [5, 5.41) is 21.8. The second-order valence-electron chi connectivity index (χ2n) is 4.70. The molecule has 3 N–H and O–H groups in total. The Morgan fingerprint density at radius 2 is 2.18 bits per heavy atom. The number of hydrogen-bond donors (Lipinski definition) is 3. The molecule has 0 radical (unpaired) electrons. The maximum absolute atomic E-state index is 9.65. The van der Waals surface area contributed by atoms with E-state index in [2.05, 4.69) is 5.32 Å². The van der Waals surface area contributed by atoms with Crippen LogP contribution in [0.2, 0.25) is 0 Å². The normalized spacial score (nSPS) is 19.2. The summed E-state index contributed by atoms with van der Waals surface area (Å²) in [5.41, 5.74) is 0. The summed E-state index contributed by atoms with van der Waals surface area (Å²) >= 11 is 0. The third kappa shape index (κ3) is 7.68. The van der Waals surface area contributed by atoms with E-state index >= 15 is 0 Å². The average molecular weight is 247 g/mol. The molecule has 1 rings (SSSR count). The molecule has 5 nitrogen and oxygen atoms in total. The van der Waals surface area contributed by atoms with Crippen LogP contribution in [0.1, 0.15) is 19.3 Å². The lowest BCUT2D eigenvalue weighted by molar-refractivity contribution is 0.0294. The van der Waals surface area contributed by atoms with Crippen molar-refractivity contribution in [3.05, 3.63) is 0 Å². The molecule has 0 aliphatic heterocycles. The van der Waals surface area contributed by atoms with Gasteiger partial charge in [0.25, 0.3) is 0 Å². The largest absolute Gasteiger partial charge is 0.395 e. The van der Waals surface area contributed by atoms with Crippen LogP contribution in [0.25, 0.3) is 0 Å². The van der Waals surface area contributed by atoms with Crippen molar-refractivity contribution < 1.29 is 19.7 Å². The Hall–Kier alpha value is -0.200. The van der Waals surface area contributed by atoms with Crippen molar-refractivity contribution in [2.24, 2.45) is 5.92 Å². The molecule has 5 heteroatoms. The van der Waals surface area contributed by atoms with Crippen LogP contribution >= 0.6 is 0 Å². The molecule has 0 amide bonds. The fourth-order valence-corrected chi connectivity index (χ4v) is 1.53. The molecule has 2 atom stereocenters. The molecule has 1 aliphatic carbocycles. The molecule has 1 saturated carbocycles. The molecule has 0 heterocycles. The van der Waals surface area contributed by atoms with Gasteiger partial charge in [-0.05, 0) is 25.2 Å². The minimum Gasteiger partial charge on any atom is -0.395 e. The second kappa shape index (κ2) is 8.83. The van der Waals surface area contributed by atoms with Gasteiger partial charge >= 0.3 is 0 Å². The zero-order chi connectivity index (χ0) is 12.5. The van der Waals surface area contributed by atoms with Crippen LogP contribution < -0.4 is 5.32 Å². The summed E-state index contributed by atoms with van der Waals surface area (Å²) in [5.74, 6) is 0.724. The smallest absolute Gasteiger partial charge is 0.0897 e. The molecular weight excluding hydrogens is 222 g/mol. The van der Waals surface area contributed by atoms with Crippen LogP contribution in [0.5, 0.6) is 0 Å². The molecule has 0 aromatic heterocycles. The topological polar surface area (TPSA) is 71.0 Å². The average Bonchev–Trinajstić information content (AvgIpc) is 3.13. The molecule has 0 bridgehead atoms. The highest BCUT2D eigenvalue weighted by molar-refractivity contribution is 4.73. The molecule has 0 aromatic carbocycles. The number of hydrogen-bond acceptors (Lipinski definition) is 5. The van der Waals surface area contributed by atoms with Crippen LogP contribution in [-0.2, 0) is 9.47 Å². The molecule has 1 aliphatic rings. The third-order valence-electron chi connectivity index (χ3n) is 2.89. The summed E-state index contributed by atoms with van der Waals surface area (Å²) in [4.78, 5) is 0. The summed E-state index contributed by atoms with van der Waals surface area (Å²) in [6, 6.07) is -0.0203. The molecule has 0 spiro atoms. The molecule has 2 unspecified atom stereocenters. The molecule has 102 valence electrons. The Morgan fingerprint density at radius 1 is 1.41 bits per heavy atom. The Balaban J connectivity index is 1.97. The zero-order valence-corrected chi connectivity index (χ0v) is 10.6. The van der Waals surface area contributed by atoms with Crippen molar-refractivity contribution in [3.8, 4) is 0 Å². The Morgan fingerprint density at radius 3 is 2.76 bits per heavy atom. The van der Waals surface area contributed by atoms with Gasteiger partial charge in [0.1, 0.15) is 0 Å². The number of methoxy groups -OCH3 is 1. The molecule has 0 aromatic rings. The van der Waals surface area contributed by atoms with Gasteiger partial charge in [0.15, 0.2) is 0 Å². The fourth-order valence-electron chi connectivity index (χ4n) is 1.53. The van der Waals surface area contributed by atoms with E-state index in [0.717, 1.165) is 18.9 Å². The summed E-state index contributed by atoms with van der Waals surface area (Å²) < 4.78 is 10.3. The predicted octanol–water partition coefficient (Wildman–Crippen LogP) is -0.239. The lowest BCUT2D eigenvalue weighted by atomic mass is 10.2. The number of aliphatic hydroxyl groups excluding tert-OH is 2. The van der Waals surface area contributed by atoms with Crippen LogP contribution in [0, 0.1) is 5.92 Å². The second-order valence-corrected chi connectivity index (χ2v) is 4.70. The van der Waals surface area contributed by atoms with Crippen LogP contribution in [0.4, 0.5) is 0 Å². The summed E-state index contributed by atoms with van der Waals surface area (Å²) in [6.07, 6.45) is 2.75. The molecule has 1 fully saturated rings. The van der Waals surface area contributed by atoms with Gasteiger partial charge in [-0.15, -0.1) is 0 Å². The Labute approximate surface area is 103 Å². The number of ether oxygens (including phenoxy) is 2. The quantitative estimate of drug-likeness (QED) is 0.470. The van der Waals surface area contributed by atoms with E-state index in [-0.39, 0.29) is 12.6 Å². The highest BCUT2D eigenvalue weighted by Crippen LogP contribution is 2.28. The van der Waals surface area contributed by atoms with Gasteiger partial charge in [-0.25, -0.2) is 0 Å². The van der Waals surface area contributed by atoms with Crippen molar-refractivity contribution in [1.29, 1.82) is 0 Å². The summed E-state index contributed by atoms with van der Waals surface area (Å²) in [6.45, 7) is 2.24. The first-order chi connectivity index (χ1) is 8.26. The summed E-state index contributed by atoms with van der Waals surface area (Å²) in [7, 11) is 1.63. The first-order valence-corrected chi connectivity index (χ1v) is 6.35. The third-order valence-corrected chi connectivity index (χ3v) is 2.89. The Bertz CT molecular complexity index is 187. The monoisotopic (exact) mass is 247 g/mol. The fraction of sp³-hybridized carbons (Fsp3) is 1.00. The van der Waals surface area contributed by atoms with Gasteiger partial charge in [-0.1, -0.05) is 0 Å². The maximum Gasteiger partial charge on any atom is 0.0897 e. The number of aliphatic hydroxyl groups is 2. The Kier molecular flexibility index (Phi) is 7.72. The first-order valence-electron chi connectivity index (χ1n) is 6.35. The standard InChI is InChI=1S/C12H25NO4/c1-16-5-4-11(7-14)13-6-12(15)9-17-8-10-2-3-10/h10-15H,2-9H2,1H3. The van der Waals surface area contributed by atoms with Crippen LogP contribution in [0.3, 0.4) is 0 Å². The van der Waals surface area contributed by atoms with E-state index in [1.807, 2.05) is 0 Å². The van der Waals surface area contributed by atoms with Crippen LogP contribution in [-0.4, -0.2) is 62.4 Å². The van der Waals surface area contributed by atoms with Crippen molar-refractivity contribution >= 4 is 0 Å². The number of nitrogens with one attached hydrogen (secondary N) is 1. The lowest BCUT2D eigenvalue weighted by Crippen LogP contribution is -2.40. The number of rotatable bonds is 11. The van der Waals surface area contributed by atoms with Crippen LogP contribution in [0.15, 0.2) is 0 Å². The minimum atomic E-state index is -0.509. The van der Waals surface area contributed by atoms with E-state index in [1.165, 1.54) is 12.8 Å². The van der Waals surface area contributed by atoms with E-state index in [1.54, 1.807) is 7.11 Å². The van der Waals surface area contributed by atoms with Gasteiger partial charge < -0.3 is 25.0 Å². The van der Waals surface area contributed by atoms with Gasteiger partial charge in [0.2, 0.25) is 0 Å². The SMILES string of the molecule is COCCC(CO)NCC(O)COCC1CC1. The van der Waals surface area contributed by atoms with E-state index in [0.29, 0.717) is 19.8 Å². The van der Waals surface area contributed by atoms with Crippen molar-refractivity contribution in [2.45, 2.75) is 31.4 Å². The van der Waals surface area contributed by atoms with Gasteiger partial charge in [-0.2, -0.15) is 0 Å². The van der Waals surface area contributed by atoms with E-state index < -0.39 is 6.10 Å². The predicted molar refractivity (Wildman–Crippen MR) is 64.9 cm³/mol. The van der Waals surface area contributed by atoms with Crippen molar-refractivity contribution in [2.75, 3.05) is 40.1 Å². The lowest BCUT2D eigenvalue weighted by Gasteiger charge is -2.18. The zero-order valence-electron chi connectivity index (χ0n) is 10.6. The van der Waals surface area contributed by atoms with Crippen molar-refractivity contribution in [1.82, 2.24) is 5.32 Å². The molecular formula is C12H25NO4. The van der Waals surface area contributed by atoms with Gasteiger partial charge in [-0.3, -0.25) is 0 Å². The highest BCUT2D eigenvalue weighted by atomic mass is 16.5. The minimum absolute atomic E-state index is 0.0203.